The molecule has 1 aromatic carbocycles. The highest BCUT2D eigenvalue weighted by atomic mass is 19.4. The van der Waals surface area contributed by atoms with Crippen LogP contribution in [0.5, 0.6) is 11.6 Å². The van der Waals surface area contributed by atoms with Crippen LogP contribution in [0.3, 0.4) is 0 Å². The van der Waals surface area contributed by atoms with E-state index in [9.17, 15) is 31.9 Å². The van der Waals surface area contributed by atoms with E-state index in [1.54, 1.807) is 0 Å². The van der Waals surface area contributed by atoms with Gasteiger partial charge in [0.15, 0.2) is 23.0 Å². The molecule has 0 saturated carbocycles. The van der Waals surface area contributed by atoms with Crippen molar-refractivity contribution in [3.8, 4) is 11.6 Å². The molecule has 152 valence electrons. The van der Waals surface area contributed by atoms with Crippen LogP contribution in [0.1, 0.15) is 6.92 Å². The monoisotopic (exact) mass is 406 g/mol. The molecule has 0 radical (unpaired) electrons. The van der Waals surface area contributed by atoms with Gasteiger partial charge in [-0.15, -0.1) is 0 Å². The number of rotatable bonds is 5. The van der Waals surface area contributed by atoms with Crippen molar-refractivity contribution < 1.29 is 36.6 Å². The Morgan fingerprint density at radius 2 is 1.93 bits per heavy atom. The highest BCUT2D eigenvalue weighted by Gasteiger charge is 2.50. The normalized spacial score (nSPS) is 13.6. The second-order valence-electron chi connectivity index (χ2n) is 5.97. The first-order valence-corrected chi connectivity index (χ1v) is 7.65. The Kier molecular flexibility index (Phi) is 6.02. The molecule has 0 aliphatic heterocycles. The molecule has 0 bridgehead atoms. The maximum Gasteiger partial charge on any atom is 0.418 e. The molecule has 0 aliphatic rings. The van der Waals surface area contributed by atoms with E-state index in [0.29, 0.717) is 17.9 Å². The lowest BCUT2D eigenvalue weighted by Crippen LogP contribution is -2.52. The zero-order valence-corrected chi connectivity index (χ0v) is 14.6. The molecule has 28 heavy (non-hydrogen) atoms. The molecule has 0 saturated heterocycles. The van der Waals surface area contributed by atoms with Gasteiger partial charge in [0, 0.05) is 13.1 Å². The zero-order valence-electron chi connectivity index (χ0n) is 14.6. The number of urea groups is 1. The van der Waals surface area contributed by atoms with Gasteiger partial charge in [0.1, 0.15) is 5.82 Å². The van der Waals surface area contributed by atoms with Crippen LogP contribution in [0.2, 0.25) is 0 Å². The van der Waals surface area contributed by atoms with Gasteiger partial charge in [-0.2, -0.15) is 13.2 Å². The van der Waals surface area contributed by atoms with Crippen LogP contribution < -0.4 is 10.1 Å². The van der Waals surface area contributed by atoms with Gasteiger partial charge in [-0.05, 0) is 19.1 Å². The smallest absolute Gasteiger partial charge is 0.418 e. The summed E-state index contributed by atoms with van der Waals surface area (Å²) in [4.78, 5) is 20.1. The average Bonchev–Trinajstić information content (AvgIpc) is 2.57. The number of alkyl halides is 3. The fourth-order valence-corrected chi connectivity index (χ4v) is 1.93. The molecule has 7 nitrogen and oxygen atoms in total. The third-order valence-corrected chi connectivity index (χ3v) is 3.47. The quantitative estimate of drug-likeness (QED) is 0.744. The Bertz CT molecular complexity index is 843. The first-order chi connectivity index (χ1) is 12.9. The minimum absolute atomic E-state index is 0.129. The van der Waals surface area contributed by atoms with E-state index < -0.39 is 36.0 Å². The molecule has 2 N–H and O–H groups in total. The summed E-state index contributed by atoms with van der Waals surface area (Å²) in [5.41, 5.74) is -3.10. The predicted octanol–water partition coefficient (Wildman–Crippen LogP) is 3.32. The van der Waals surface area contributed by atoms with E-state index in [0.717, 1.165) is 31.6 Å². The summed E-state index contributed by atoms with van der Waals surface area (Å²) in [6, 6.07) is 1.66. The molecule has 0 fully saturated rings. The number of nitrogens with one attached hydrogen (secondary N) is 1. The summed E-state index contributed by atoms with van der Waals surface area (Å²) in [6.07, 6.45) is -2.88. The molecular formula is C16H15F5N4O3. The number of likely N-dealkylation sites (N-methyl/N-ethyl adjacent to an activating group) is 1. The van der Waals surface area contributed by atoms with E-state index >= 15 is 0 Å². The van der Waals surface area contributed by atoms with Gasteiger partial charge in [0.2, 0.25) is 5.88 Å². The minimum atomic E-state index is -4.92. The molecular weight excluding hydrogens is 391 g/mol. The van der Waals surface area contributed by atoms with Crippen LogP contribution in [0.4, 0.5) is 32.6 Å². The summed E-state index contributed by atoms with van der Waals surface area (Å²) in [7, 11) is 1.05. The lowest BCUT2D eigenvalue weighted by atomic mass is 10.1. The summed E-state index contributed by atoms with van der Waals surface area (Å²) in [5, 5.41) is 11.6. The van der Waals surface area contributed by atoms with Gasteiger partial charge in [0.25, 0.3) is 0 Å². The second-order valence-corrected chi connectivity index (χ2v) is 5.97. The van der Waals surface area contributed by atoms with Crippen molar-refractivity contribution in [2.24, 2.45) is 0 Å². The van der Waals surface area contributed by atoms with Crippen molar-refractivity contribution in [2.45, 2.75) is 18.7 Å². The van der Waals surface area contributed by atoms with Gasteiger partial charge in [-0.1, -0.05) is 0 Å². The third kappa shape index (κ3) is 5.25. The number of amides is 2. The number of halogens is 5. The summed E-state index contributed by atoms with van der Waals surface area (Å²) >= 11 is 0. The molecule has 0 spiro atoms. The number of ether oxygens (including phenoxy) is 1. The molecule has 0 aliphatic carbocycles. The summed E-state index contributed by atoms with van der Waals surface area (Å²) < 4.78 is 69.4. The number of carbonyl (C=O) groups is 1. The van der Waals surface area contributed by atoms with Crippen molar-refractivity contribution in [2.75, 3.05) is 18.9 Å². The molecule has 1 heterocycles. The zero-order chi connectivity index (χ0) is 21.1. The van der Waals surface area contributed by atoms with Crippen LogP contribution >= 0.6 is 0 Å². The largest absolute Gasteiger partial charge is 0.434 e. The molecule has 2 amide bonds. The second kappa shape index (κ2) is 7.92. The van der Waals surface area contributed by atoms with Crippen LogP contribution in [-0.4, -0.2) is 51.4 Å². The number of nitrogens with zero attached hydrogens (tertiary/aromatic N) is 3. The lowest BCUT2D eigenvalue weighted by molar-refractivity contribution is -0.254. The van der Waals surface area contributed by atoms with Crippen molar-refractivity contribution >= 4 is 11.8 Å². The van der Waals surface area contributed by atoms with Crippen LogP contribution in [0, 0.1) is 11.6 Å². The fraction of sp³-hybridized carbons (Fsp3) is 0.312. The first kappa shape index (κ1) is 21.3. The van der Waals surface area contributed by atoms with Gasteiger partial charge < -0.3 is 14.7 Å². The topological polar surface area (TPSA) is 87.6 Å². The van der Waals surface area contributed by atoms with Crippen molar-refractivity contribution in [1.29, 1.82) is 0 Å². The third-order valence-electron chi connectivity index (χ3n) is 3.47. The van der Waals surface area contributed by atoms with E-state index in [-0.39, 0.29) is 17.4 Å². The van der Waals surface area contributed by atoms with Gasteiger partial charge in [-0.25, -0.2) is 23.5 Å². The first-order valence-electron chi connectivity index (χ1n) is 7.65. The number of aliphatic hydroxyl groups is 1. The standard InChI is InChI=1S/C16H15F5N4O3/c1-15(27,16(19,20)21)8-25(2)14(26)24-12-6-23-13(7-22-12)28-11-4-3-9(17)5-10(11)18/h3-7,27H,8H2,1-2H3,(H,22,24,26)/t15-/m1/s1. The van der Waals surface area contributed by atoms with E-state index in [2.05, 4.69) is 15.3 Å². The van der Waals surface area contributed by atoms with E-state index in [1.807, 2.05) is 0 Å². The molecule has 0 unspecified atom stereocenters. The number of anilines is 1. The summed E-state index contributed by atoms with van der Waals surface area (Å²) in [5.74, 6) is -2.35. The fourth-order valence-electron chi connectivity index (χ4n) is 1.93. The molecule has 2 aromatic rings. The number of hydrogen-bond donors (Lipinski definition) is 2. The Hall–Kier alpha value is -3.02. The lowest BCUT2D eigenvalue weighted by Gasteiger charge is -2.30. The number of benzene rings is 1. The van der Waals surface area contributed by atoms with Crippen LogP contribution in [-0.2, 0) is 0 Å². The molecule has 12 heteroatoms. The van der Waals surface area contributed by atoms with Gasteiger partial charge >= 0.3 is 12.2 Å². The minimum Gasteiger partial charge on any atom is -0.434 e. The highest BCUT2D eigenvalue weighted by Crippen LogP contribution is 2.30. The highest BCUT2D eigenvalue weighted by molar-refractivity contribution is 5.87. The van der Waals surface area contributed by atoms with Crippen molar-refractivity contribution in [1.82, 2.24) is 14.9 Å². The average molecular weight is 406 g/mol. The Morgan fingerprint density at radius 3 is 2.46 bits per heavy atom. The van der Waals surface area contributed by atoms with E-state index in [1.165, 1.54) is 0 Å². The number of hydrogen-bond acceptors (Lipinski definition) is 5. The number of carbonyl (C=O) groups excluding carboxylic acids is 1. The van der Waals surface area contributed by atoms with Gasteiger partial charge in [0.05, 0.1) is 18.9 Å². The Labute approximate surface area is 155 Å². The summed E-state index contributed by atoms with van der Waals surface area (Å²) in [6.45, 7) is -0.474. The van der Waals surface area contributed by atoms with Crippen molar-refractivity contribution in [3.63, 3.8) is 0 Å². The van der Waals surface area contributed by atoms with Gasteiger partial charge in [-0.3, -0.25) is 5.32 Å². The maximum absolute atomic E-state index is 13.5. The SMILES string of the molecule is CN(C[C@@](C)(O)C(F)(F)F)C(=O)Nc1cnc(Oc2ccc(F)cc2F)cn1. The van der Waals surface area contributed by atoms with E-state index in [4.69, 9.17) is 4.74 Å². The maximum atomic E-state index is 13.5. The Balaban J connectivity index is 1.99. The Morgan fingerprint density at radius 1 is 1.25 bits per heavy atom. The van der Waals surface area contributed by atoms with Crippen LogP contribution in [0.15, 0.2) is 30.6 Å². The molecule has 1 atom stereocenters. The molecule has 2 rings (SSSR count). The predicted molar refractivity (Wildman–Crippen MR) is 86.8 cm³/mol. The van der Waals surface area contributed by atoms with Crippen molar-refractivity contribution in [3.05, 3.63) is 42.2 Å². The molecule has 1 aromatic heterocycles. The van der Waals surface area contributed by atoms with Crippen LogP contribution in [0.25, 0.3) is 0 Å². The number of aromatic nitrogens is 2.